The molecule has 0 saturated heterocycles. The minimum Gasteiger partial charge on any atom is -0.360 e. The van der Waals surface area contributed by atoms with E-state index < -0.39 is 0 Å². The van der Waals surface area contributed by atoms with Gasteiger partial charge in [0.2, 0.25) is 0 Å². The quantitative estimate of drug-likeness (QED) is 0.546. The zero-order valence-corrected chi connectivity index (χ0v) is 17.3. The molecule has 0 N–H and O–H groups in total. The van der Waals surface area contributed by atoms with Crippen LogP contribution in [-0.2, 0) is 17.9 Å². The molecule has 0 aliphatic heterocycles. The third kappa shape index (κ3) is 4.26. The minimum absolute atomic E-state index is 0.195. The number of halogens is 2. The van der Waals surface area contributed by atoms with Gasteiger partial charge >= 0.3 is 0 Å². The largest absolute Gasteiger partial charge is 0.360 e. The molecule has 3 rings (SSSR count). The van der Waals surface area contributed by atoms with E-state index in [1.165, 1.54) is 0 Å². The number of rotatable bonds is 7. The van der Waals surface area contributed by atoms with Crippen molar-refractivity contribution >= 4 is 41.1 Å². The van der Waals surface area contributed by atoms with E-state index in [0.29, 0.717) is 28.1 Å². The Bertz CT molecular complexity index is 968. The lowest BCUT2D eigenvalue weighted by atomic mass is 10.2. The molecular formula is C19H20Cl2N6O. The fourth-order valence-corrected chi connectivity index (χ4v) is 3.27. The summed E-state index contributed by atoms with van der Waals surface area (Å²) in [7, 11) is 5.73. The maximum Gasteiger partial charge on any atom is 0.172 e. The highest BCUT2D eigenvalue weighted by molar-refractivity contribution is 6.36. The zero-order chi connectivity index (χ0) is 20.3. The van der Waals surface area contributed by atoms with Gasteiger partial charge in [-0.2, -0.15) is 5.10 Å². The molecule has 9 heteroatoms. The first-order valence-corrected chi connectivity index (χ1v) is 9.31. The molecule has 28 heavy (non-hydrogen) atoms. The van der Waals surface area contributed by atoms with Crippen molar-refractivity contribution in [3.8, 4) is 11.3 Å². The van der Waals surface area contributed by atoms with Crippen molar-refractivity contribution in [2.24, 2.45) is 0 Å². The fourth-order valence-electron chi connectivity index (χ4n) is 2.75. The Morgan fingerprint density at radius 1 is 1.11 bits per heavy atom. The topological polar surface area (TPSA) is 67.2 Å². The molecular weight excluding hydrogens is 399 g/mol. The van der Waals surface area contributed by atoms with Gasteiger partial charge in [0.15, 0.2) is 11.6 Å². The normalized spacial score (nSPS) is 10.8. The Kier molecular flexibility index (Phi) is 6.16. The summed E-state index contributed by atoms with van der Waals surface area (Å²) in [4.78, 5) is 23.9. The van der Waals surface area contributed by atoms with Crippen molar-refractivity contribution in [1.82, 2.24) is 19.7 Å². The molecule has 0 bridgehead atoms. The number of hydrogen-bond acceptors (Lipinski definition) is 6. The van der Waals surface area contributed by atoms with Crippen molar-refractivity contribution in [1.29, 1.82) is 0 Å². The van der Waals surface area contributed by atoms with Crippen LogP contribution in [0.25, 0.3) is 11.3 Å². The lowest BCUT2D eigenvalue weighted by Gasteiger charge is -2.24. The SMILES string of the molecule is CN(C)c1ncc(-c2cnn(CC=O)c2)nc1N(C)Cc1c(Cl)cccc1Cl. The monoisotopic (exact) mass is 418 g/mol. The Morgan fingerprint density at radius 2 is 1.82 bits per heavy atom. The molecule has 0 saturated carbocycles. The molecule has 0 radical (unpaired) electrons. The van der Waals surface area contributed by atoms with Gasteiger partial charge in [-0.05, 0) is 12.1 Å². The van der Waals surface area contributed by atoms with Gasteiger partial charge in [0.05, 0.1) is 24.6 Å². The van der Waals surface area contributed by atoms with Gasteiger partial charge < -0.3 is 14.6 Å². The van der Waals surface area contributed by atoms with Gasteiger partial charge in [-0.15, -0.1) is 0 Å². The summed E-state index contributed by atoms with van der Waals surface area (Å²) in [5, 5.41) is 5.37. The van der Waals surface area contributed by atoms with E-state index in [2.05, 4.69) is 10.1 Å². The molecule has 2 aromatic heterocycles. The number of carbonyl (C=O) groups is 1. The lowest BCUT2D eigenvalue weighted by Crippen LogP contribution is -2.23. The first-order valence-electron chi connectivity index (χ1n) is 8.55. The highest BCUT2D eigenvalue weighted by atomic mass is 35.5. The highest BCUT2D eigenvalue weighted by Gasteiger charge is 2.18. The number of benzene rings is 1. The first-order chi connectivity index (χ1) is 13.4. The van der Waals surface area contributed by atoms with Crippen molar-refractivity contribution in [2.45, 2.75) is 13.1 Å². The molecule has 0 spiro atoms. The Morgan fingerprint density at radius 3 is 2.46 bits per heavy atom. The molecule has 2 heterocycles. The smallest absolute Gasteiger partial charge is 0.172 e. The third-order valence-corrected chi connectivity index (χ3v) is 4.88. The number of carbonyl (C=O) groups excluding carboxylic acids is 1. The Labute approximate surface area is 173 Å². The van der Waals surface area contributed by atoms with E-state index in [4.69, 9.17) is 28.2 Å². The molecule has 0 amide bonds. The Balaban J connectivity index is 1.98. The van der Waals surface area contributed by atoms with Crippen LogP contribution in [0.15, 0.2) is 36.8 Å². The van der Waals surface area contributed by atoms with Crippen LogP contribution < -0.4 is 9.80 Å². The predicted molar refractivity (Wildman–Crippen MR) is 112 cm³/mol. The van der Waals surface area contributed by atoms with Crippen LogP contribution in [0.5, 0.6) is 0 Å². The first kappa shape index (κ1) is 20.1. The second-order valence-electron chi connectivity index (χ2n) is 6.47. The number of aldehydes is 1. The van der Waals surface area contributed by atoms with Crippen LogP contribution in [0.4, 0.5) is 11.6 Å². The number of anilines is 2. The van der Waals surface area contributed by atoms with Gasteiger partial charge in [-0.1, -0.05) is 29.3 Å². The minimum atomic E-state index is 0.195. The van der Waals surface area contributed by atoms with Crippen LogP contribution >= 0.6 is 23.2 Å². The van der Waals surface area contributed by atoms with Gasteiger partial charge in [-0.25, -0.2) is 9.97 Å². The molecule has 0 aliphatic carbocycles. The van der Waals surface area contributed by atoms with E-state index in [0.717, 1.165) is 23.2 Å². The summed E-state index contributed by atoms with van der Waals surface area (Å²) < 4.78 is 1.55. The predicted octanol–water partition coefficient (Wildman–Crippen LogP) is 3.55. The second-order valence-corrected chi connectivity index (χ2v) is 7.29. The number of hydrogen-bond donors (Lipinski definition) is 0. The van der Waals surface area contributed by atoms with Crippen LogP contribution in [0.2, 0.25) is 10.0 Å². The molecule has 0 fully saturated rings. The summed E-state index contributed by atoms with van der Waals surface area (Å²) in [6.45, 7) is 0.670. The summed E-state index contributed by atoms with van der Waals surface area (Å²) >= 11 is 12.7. The van der Waals surface area contributed by atoms with E-state index in [1.54, 1.807) is 23.3 Å². The van der Waals surface area contributed by atoms with Gasteiger partial charge in [0.1, 0.15) is 6.29 Å². The van der Waals surface area contributed by atoms with E-state index >= 15 is 0 Å². The lowest BCUT2D eigenvalue weighted by molar-refractivity contribution is -0.108. The molecule has 3 aromatic rings. The maximum atomic E-state index is 10.7. The summed E-state index contributed by atoms with van der Waals surface area (Å²) in [5.74, 6) is 1.40. The van der Waals surface area contributed by atoms with Crippen molar-refractivity contribution < 1.29 is 4.79 Å². The summed E-state index contributed by atoms with van der Waals surface area (Å²) in [6.07, 6.45) is 5.92. The fraction of sp³-hybridized carbons (Fsp3) is 0.263. The van der Waals surface area contributed by atoms with Crippen molar-refractivity contribution in [3.63, 3.8) is 0 Å². The van der Waals surface area contributed by atoms with Gasteiger partial charge in [0, 0.05) is 55.1 Å². The molecule has 1 aromatic carbocycles. The summed E-state index contributed by atoms with van der Waals surface area (Å²) in [6, 6.07) is 5.44. The summed E-state index contributed by atoms with van der Waals surface area (Å²) in [5.41, 5.74) is 2.27. The van der Waals surface area contributed by atoms with Crippen molar-refractivity contribution in [2.75, 3.05) is 30.9 Å². The van der Waals surface area contributed by atoms with Crippen LogP contribution in [0.1, 0.15) is 5.56 Å². The molecule has 0 unspecified atom stereocenters. The maximum absolute atomic E-state index is 10.7. The second kappa shape index (κ2) is 8.58. The number of aromatic nitrogens is 4. The highest BCUT2D eigenvalue weighted by Crippen LogP contribution is 2.31. The van der Waals surface area contributed by atoms with E-state index in [1.807, 2.05) is 49.1 Å². The van der Waals surface area contributed by atoms with Gasteiger partial charge in [-0.3, -0.25) is 4.68 Å². The van der Waals surface area contributed by atoms with E-state index in [-0.39, 0.29) is 6.54 Å². The average Bonchev–Trinajstić information content (AvgIpc) is 3.13. The van der Waals surface area contributed by atoms with Crippen LogP contribution in [0.3, 0.4) is 0 Å². The van der Waals surface area contributed by atoms with Gasteiger partial charge in [0.25, 0.3) is 0 Å². The average molecular weight is 419 g/mol. The standard InChI is InChI=1S/C19H20Cl2N6O/c1-25(2)18-19(26(3)12-14-15(20)5-4-6-16(14)21)24-17(10-22-18)13-9-23-27(11-13)7-8-28/h4-6,8-11H,7,12H2,1-3H3. The van der Waals surface area contributed by atoms with E-state index in [9.17, 15) is 4.79 Å². The molecule has 0 aliphatic rings. The number of nitrogens with zero attached hydrogens (tertiary/aromatic N) is 6. The van der Waals surface area contributed by atoms with Crippen LogP contribution in [-0.4, -0.2) is 47.2 Å². The molecule has 7 nitrogen and oxygen atoms in total. The third-order valence-electron chi connectivity index (χ3n) is 4.17. The van der Waals surface area contributed by atoms with Crippen LogP contribution in [0, 0.1) is 0 Å². The Hall–Kier alpha value is -2.64. The zero-order valence-electron chi connectivity index (χ0n) is 15.8. The molecule has 146 valence electrons. The molecule has 0 atom stereocenters. The van der Waals surface area contributed by atoms with Crippen molar-refractivity contribution in [3.05, 3.63) is 52.4 Å².